The number of alkyl halides is 8. The molecule has 0 spiro atoms. The number of carbonyl (C=O) groups is 2. The molecule has 0 aliphatic heterocycles. The average molecular weight is 1150 g/mol. The quantitative estimate of drug-likeness (QED) is 0.0483. The van der Waals surface area contributed by atoms with Crippen LogP contribution in [-0.4, -0.2) is 99.2 Å². The molecule has 1 unspecified atom stereocenters. The number of fused-ring (bicyclic) bond motifs is 4. The fourth-order valence-corrected chi connectivity index (χ4v) is 10.9. The van der Waals surface area contributed by atoms with Gasteiger partial charge in [-0.05, 0) is 82.2 Å². The minimum absolute atomic E-state index is 0.0142. The number of rotatable bonds is 18. The number of benzene rings is 2. The van der Waals surface area contributed by atoms with Gasteiger partial charge in [0.05, 0.1) is 44.8 Å². The molecule has 2 aromatic carbocycles. The van der Waals surface area contributed by atoms with Gasteiger partial charge in [-0.25, -0.2) is 35.0 Å². The summed E-state index contributed by atoms with van der Waals surface area (Å²) in [5.41, 5.74) is -5.62. The number of urea groups is 1. The number of amides is 3. The predicted octanol–water partition coefficient (Wildman–Crippen LogP) is 7.85. The molecular weight excluding hydrogens is 1110 g/mol. The van der Waals surface area contributed by atoms with Crippen LogP contribution in [0.2, 0.25) is 5.02 Å². The Morgan fingerprint density at radius 3 is 2.17 bits per heavy atom. The first kappa shape index (κ1) is 57.3. The summed E-state index contributed by atoms with van der Waals surface area (Å²) in [6.45, 7) is -0.297. The van der Waals surface area contributed by atoms with E-state index in [0.717, 1.165) is 37.4 Å². The molecule has 4 N–H and O–H groups in total. The third-order valence-corrected chi connectivity index (χ3v) is 16.7. The predicted molar refractivity (Wildman–Crippen MR) is 248 cm³/mol. The molecular formula is C43H44ClF10N8O10PS2. The minimum atomic E-state index is -5.24. The van der Waals surface area contributed by atoms with Gasteiger partial charge in [-0.1, -0.05) is 23.7 Å². The molecule has 7 rings (SSSR count). The average Bonchev–Trinajstić information content (AvgIpc) is 3.75. The van der Waals surface area contributed by atoms with Gasteiger partial charge >= 0.3 is 26.2 Å². The summed E-state index contributed by atoms with van der Waals surface area (Å²) in [5.74, 6) is -11.3. The molecule has 2 aliphatic rings. The van der Waals surface area contributed by atoms with Crippen molar-refractivity contribution in [1.29, 1.82) is 0 Å². The molecule has 4 atom stereocenters. The van der Waals surface area contributed by atoms with E-state index < -0.39 is 169 Å². The largest absolute Gasteiger partial charge is 0.469 e. The van der Waals surface area contributed by atoms with E-state index in [1.807, 2.05) is 5.32 Å². The highest BCUT2D eigenvalue weighted by atomic mass is 35.5. The number of aromatic nitrogens is 5. The van der Waals surface area contributed by atoms with Gasteiger partial charge in [0.2, 0.25) is 15.9 Å². The van der Waals surface area contributed by atoms with Crippen molar-refractivity contribution in [1.82, 2.24) is 35.2 Å². The molecule has 410 valence electrons. The second kappa shape index (κ2) is 19.9. The zero-order valence-electron chi connectivity index (χ0n) is 39.6. The number of carbonyl (C=O) groups excluding carboxylic acids is 2. The maximum atomic E-state index is 15.6. The Labute approximate surface area is 425 Å². The molecule has 3 heterocycles. The molecule has 3 amide bonds. The van der Waals surface area contributed by atoms with Gasteiger partial charge in [-0.2, -0.15) is 49.6 Å². The van der Waals surface area contributed by atoms with Crippen LogP contribution in [-0.2, 0) is 71.8 Å². The highest BCUT2D eigenvalue weighted by Crippen LogP contribution is 2.68. The highest BCUT2D eigenvalue weighted by Gasteiger charge is 2.68. The number of sulfone groups is 1. The van der Waals surface area contributed by atoms with Crippen molar-refractivity contribution in [3.05, 3.63) is 93.0 Å². The van der Waals surface area contributed by atoms with Gasteiger partial charge in [0.15, 0.2) is 21.3 Å². The lowest BCUT2D eigenvalue weighted by atomic mass is 9.93. The van der Waals surface area contributed by atoms with E-state index in [9.17, 15) is 75.9 Å². The number of phosphoric ester groups is 1. The molecule has 1 saturated carbocycles. The van der Waals surface area contributed by atoms with Gasteiger partial charge in [-0.15, -0.1) is 0 Å². The lowest BCUT2D eigenvalue weighted by molar-refractivity contribution is -0.143. The number of anilines is 1. The van der Waals surface area contributed by atoms with Crippen molar-refractivity contribution in [3.63, 3.8) is 0 Å². The topological polar surface area (TPSA) is 245 Å². The first-order chi connectivity index (χ1) is 34.3. The Balaban J connectivity index is 1.44. The van der Waals surface area contributed by atoms with Crippen LogP contribution in [0.3, 0.4) is 0 Å². The maximum absolute atomic E-state index is 15.6. The van der Waals surface area contributed by atoms with Gasteiger partial charge in [0.25, 0.3) is 5.92 Å². The number of phosphoric acid groups is 1. The van der Waals surface area contributed by atoms with Gasteiger partial charge in [-0.3, -0.25) is 23.7 Å². The van der Waals surface area contributed by atoms with E-state index in [2.05, 4.69) is 25.0 Å². The van der Waals surface area contributed by atoms with E-state index in [1.54, 1.807) is 0 Å². The standard InChI is InChI=1S/C43H44ClF10N8O10PS2/c1-20(72-73(65,66)67)17-55-39(64)62(75(5,70)71)38-33-29(44)9-8-26(35(33)61(59-38)19-41(47,48)49)25-7-6-24(10-11-40(2,3)74(4,68)69)56-34(25)30(14-21-12-22(45)15-23(46)13-21)57-31(63)18-60-37-32(36(58-60)43(52,53)54)27-16-28(27)42(37,50)51/h6-9,12-13,15,20,27-28,30H,10-11,14,16-19H2,1-5H3,(H,55,64)(H,57,63)(H2,65,66,67)/t20-,27-,28?,30-/m0/s1. The number of hydrogen-bond acceptors (Lipinski definition) is 11. The zero-order valence-corrected chi connectivity index (χ0v) is 42.8. The normalized spacial score (nSPS) is 17.6. The second-order valence-electron chi connectivity index (χ2n) is 18.7. The number of halogens is 11. The first-order valence-corrected chi connectivity index (χ1v) is 27.7. The van der Waals surface area contributed by atoms with Crippen LogP contribution >= 0.6 is 19.4 Å². The Morgan fingerprint density at radius 1 is 0.973 bits per heavy atom. The number of nitrogens with zero attached hydrogens (tertiary/aromatic N) is 6. The Morgan fingerprint density at radius 2 is 1.60 bits per heavy atom. The van der Waals surface area contributed by atoms with Gasteiger partial charge < -0.3 is 20.4 Å². The monoisotopic (exact) mass is 1150 g/mol. The summed E-state index contributed by atoms with van der Waals surface area (Å²) in [6.07, 6.45) is -11.8. The van der Waals surface area contributed by atoms with Crippen molar-refractivity contribution in [2.24, 2.45) is 5.92 Å². The van der Waals surface area contributed by atoms with Gasteiger partial charge in [0, 0.05) is 47.2 Å². The Hall–Kier alpha value is -5.39. The molecule has 5 aromatic rings. The Kier molecular flexibility index (Phi) is 15.2. The van der Waals surface area contributed by atoms with Crippen LogP contribution in [0.4, 0.5) is 54.5 Å². The van der Waals surface area contributed by atoms with Crippen molar-refractivity contribution in [3.8, 4) is 11.1 Å². The van der Waals surface area contributed by atoms with E-state index in [4.69, 9.17) is 11.6 Å². The van der Waals surface area contributed by atoms with E-state index in [-0.39, 0.29) is 55.3 Å². The smallest absolute Gasteiger partial charge is 0.346 e. The van der Waals surface area contributed by atoms with Gasteiger partial charge in [0.1, 0.15) is 30.4 Å². The maximum Gasteiger partial charge on any atom is 0.469 e. The molecule has 3 aromatic heterocycles. The number of sulfonamides is 1. The SMILES string of the molecule is C[C@@H](CNC(=O)N(c1nn(CC(F)(F)F)c2c(-c3ccc(CCC(C)(C)S(C)(=O)=O)nc3[C@H](Cc3cc(F)cc(F)c3)NC(=O)Cn3nc(C(F)(F)F)c4c3C(F)(F)C3C[C@H]43)ccc(Cl)c12)S(C)(=O)=O)OP(=O)(O)O. The lowest BCUT2D eigenvalue weighted by Gasteiger charge is -2.25. The number of aryl methyl sites for hydroxylation is 1. The van der Waals surface area contributed by atoms with Crippen molar-refractivity contribution in [2.45, 2.75) is 101 Å². The summed E-state index contributed by atoms with van der Waals surface area (Å²) < 4.78 is 214. The first-order valence-electron chi connectivity index (χ1n) is 22.1. The van der Waals surface area contributed by atoms with E-state index >= 15 is 8.78 Å². The van der Waals surface area contributed by atoms with Crippen molar-refractivity contribution >= 4 is 67.9 Å². The summed E-state index contributed by atoms with van der Waals surface area (Å²) >= 11 is 6.62. The molecule has 0 saturated heterocycles. The molecule has 18 nitrogen and oxygen atoms in total. The minimum Gasteiger partial charge on any atom is -0.346 e. The van der Waals surface area contributed by atoms with Crippen molar-refractivity contribution in [2.75, 3.05) is 23.4 Å². The summed E-state index contributed by atoms with van der Waals surface area (Å²) in [5, 5.41) is 10.5. The molecule has 0 radical (unpaired) electrons. The summed E-state index contributed by atoms with van der Waals surface area (Å²) in [7, 11) is -13.9. The fourth-order valence-electron chi connectivity index (χ4n) is 8.80. The second-order valence-corrected chi connectivity index (χ2v) is 24.8. The van der Waals surface area contributed by atoms with Crippen LogP contribution < -0.4 is 14.9 Å². The number of pyridine rings is 1. The molecule has 75 heavy (non-hydrogen) atoms. The van der Waals surface area contributed by atoms with E-state index in [1.165, 1.54) is 26.0 Å². The molecule has 32 heteroatoms. The van der Waals surface area contributed by atoms with Crippen LogP contribution in [0.25, 0.3) is 22.0 Å². The molecule has 2 aliphatic carbocycles. The third kappa shape index (κ3) is 12.4. The zero-order chi connectivity index (χ0) is 55.9. The molecule has 0 bridgehead atoms. The van der Waals surface area contributed by atoms with Crippen LogP contribution in [0, 0.1) is 17.6 Å². The lowest BCUT2D eigenvalue weighted by Crippen LogP contribution is -2.46. The van der Waals surface area contributed by atoms with E-state index in [0.29, 0.717) is 12.3 Å². The fraction of sp³-hybridized carbons (Fsp3) is 0.465. The van der Waals surface area contributed by atoms with Crippen LogP contribution in [0.15, 0.2) is 42.5 Å². The highest BCUT2D eigenvalue weighted by molar-refractivity contribution is 7.93. The third-order valence-electron chi connectivity index (χ3n) is 12.5. The summed E-state index contributed by atoms with van der Waals surface area (Å²) in [4.78, 5) is 50.9. The molecule has 1 fully saturated rings. The van der Waals surface area contributed by atoms with Crippen LogP contribution in [0.1, 0.15) is 79.5 Å². The summed E-state index contributed by atoms with van der Waals surface area (Å²) in [6, 6.07) is 3.27. The number of nitrogens with one attached hydrogen (secondary N) is 2. The van der Waals surface area contributed by atoms with Crippen molar-refractivity contribution < 1.29 is 89.2 Å². The number of hydrogen-bond donors (Lipinski definition) is 4. The van der Waals surface area contributed by atoms with Crippen LogP contribution in [0.5, 0.6) is 0 Å². The Bertz CT molecular complexity index is 3370.